The molecule has 2 saturated heterocycles. The number of halogens is 5. The SMILES string of the molecule is Cc1cc(-c2c(F)cc(F)cc2F)c2c(CN3C[C@H]4N(C[C@@H](NS(C)(=O)=O)C4(F)F)C3=O)noc2n1. The fourth-order valence-corrected chi connectivity index (χ4v) is 5.46. The van der Waals surface area contributed by atoms with Crippen LogP contribution in [-0.2, 0) is 16.6 Å². The smallest absolute Gasteiger partial charge is 0.321 e. The van der Waals surface area contributed by atoms with E-state index in [-0.39, 0.29) is 28.9 Å². The molecule has 2 amide bonds. The number of pyridine rings is 1. The molecule has 9 nitrogen and oxygen atoms in total. The summed E-state index contributed by atoms with van der Waals surface area (Å²) in [5, 5.41) is 3.88. The van der Waals surface area contributed by atoms with Gasteiger partial charge < -0.3 is 14.3 Å². The number of carbonyl (C=O) groups excluding carboxylic acids is 1. The quantitative estimate of drug-likeness (QED) is 0.508. The van der Waals surface area contributed by atoms with Gasteiger partial charge in [-0.15, -0.1) is 0 Å². The first-order valence-corrected chi connectivity index (χ1v) is 12.5. The summed E-state index contributed by atoms with van der Waals surface area (Å²) in [6.07, 6.45) is 0.746. The Morgan fingerprint density at radius 2 is 1.83 bits per heavy atom. The second-order valence-corrected chi connectivity index (χ2v) is 10.6. The van der Waals surface area contributed by atoms with Crippen molar-refractivity contribution in [3.63, 3.8) is 0 Å². The van der Waals surface area contributed by atoms with E-state index in [9.17, 15) is 35.2 Å². The van der Waals surface area contributed by atoms with Gasteiger partial charge in [0.2, 0.25) is 10.0 Å². The number of aryl methyl sites for hydroxylation is 1. The van der Waals surface area contributed by atoms with Crippen LogP contribution in [0.5, 0.6) is 0 Å². The first kappa shape index (κ1) is 24.4. The molecule has 2 fully saturated rings. The average molecular weight is 531 g/mol. The molecule has 36 heavy (non-hydrogen) atoms. The molecule has 1 aromatic carbocycles. The minimum absolute atomic E-state index is 0.000671. The van der Waals surface area contributed by atoms with Gasteiger partial charge in [0.05, 0.1) is 23.8 Å². The molecule has 0 spiro atoms. The molecule has 0 radical (unpaired) electrons. The number of aromatic nitrogens is 2. The van der Waals surface area contributed by atoms with Gasteiger partial charge in [-0.2, -0.15) is 0 Å². The maximum absolute atomic E-state index is 14.9. The summed E-state index contributed by atoms with van der Waals surface area (Å²) >= 11 is 0. The number of benzene rings is 1. The summed E-state index contributed by atoms with van der Waals surface area (Å²) in [5.41, 5.74) is -0.424. The van der Waals surface area contributed by atoms with E-state index in [0.717, 1.165) is 16.1 Å². The number of hydrogen-bond donors (Lipinski definition) is 1. The van der Waals surface area contributed by atoms with Crippen LogP contribution < -0.4 is 4.72 Å². The number of urea groups is 1. The molecule has 0 unspecified atom stereocenters. The molecule has 0 bridgehead atoms. The molecular formula is C21H18F5N5O4S. The largest absolute Gasteiger partial charge is 0.335 e. The van der Waals surface area contributed by atoms with Crippen molar-refractivity contribution in [2.45, 2.75) is 31.5 Å². The lowest BCUT2D eigenvalue weighted by atomic mass is 9.99. The monoisotopic (exact) mass is 531 g/mol. The van der Waals surface area contributed by atoms with Crippen LogP contribution in [-0.4, -0.2) is 71.7 Å². The van der Waals surface area contributed by atoms with Crippen molar-refractivity contribution in [2.75, 3.05) is 19.3 Å². The number of amides is 2. The van der Waals surface area contributed by atoms with Crippen LogP contribution in [0, 0.1) is 24.4 Å². The predicted molar refractivity (Wildman–Crippen MR) is 115 cm³/mol. The molecule has 2 aliphatic rings. The molecule has 0 saturated carbocycles. The van der Waals surface area contributed by atoms with Crippen LogP contribution in [0.25, 0.3) is 22.2 Å². The van der Waals surface area contributed by atoms with Crippen LogP contribution in [0.1, 0.15) is 11.4 Å². The topological polar surface area (TPSA) is 109 Å². The molecule has 1 N–H and O–H groups in total. The number of fused-ring (bicyclic) bond motifs is 2. The van der Waals surface area contributed by atoms with Crippen LogP contribution in [0.4, 0.5) is 26.7 Å². The van der Waals surface area contributed by atoms with Crippen LogP contribution >= 0.6 is 0 Å². The number of nitrogens with one attached hydrogen (secondary N) is 1. The number of hydrogen-bond acceptors (Lipinski definition) is 6. The summed E-state index contributed by atoms with van der Waals surface area (Å²) in [6.45, 7) is 0.168. The summed E-state index contributed by atoms with van der Waals surface area (Å²) in [4.78, 5) is 19.0. The molecule has 2 atom stereocenters. The summed E-state index contributed by atoms with van der Waals surface area (Å²) in [7, 11) is -3.95. The van der Waals surface area contributed by atoms with Gasteiger partial charge in [0.1, 0.15) is 35.2 Å². The number of rotatable bonds is 5. The van der Waals surface area contributed by atoms with Crippen molar-refractivity contribution in [1.82, 2.24) is 24.7 Å². The zero-order valence-corrected chi connectivity index (χ0v) is 19.5. The third-order valence-corrected chi connectivity index (χ3v) is 6.90. The Kier molecular flexibility index (Phi) is 5.48. The summed E-state index contributed by atoms with van der Waals surface area (Å²) < 4.78 is 102. The minimum Gasteiger partial charge on any atom is -0.335 e. The second kappa shape index (κ2) is 8.09. The Morgan fingerprint density at radius 3 is 2.44 bits per heavy atom. The normalized spacial score (nSPS) is 21.6. The molecule has 192 valence electrons. The van der Waals surface area contributed by atoms with E-state index in [1.807, 2.05) is 4.72 Å². The Bertz CT molecular complexity index is 1490. The lowest BCUT2D eigenvalue weighted by molar-refractivity contribution is -0.0359. The predicted octanol–water partition coefficient (Wildman–Crippen LogP) is 2.79. The van der Waals surface area contributed by atoms with E-state index < -0.39 is 70.2 Å². The molecule has 0 aliphatic carbocycles. The minimum atomic E-state index is -3.95. The highest BCUT2D eigenvalue weighted by molar-refractivity contribution is 7.88. The molecule has 4 heterocycles. The van der Waals surface area contributed by atoms with Crippen LogP contribution in [0.3, 0.4) is 0 Å². The van der Waals surface area contributed by atoms with E-state index in [0.29, 0.717) is 17.8 Å². The fraction of sp³-hybridized carbons (Fsp3) is 0.381. The lowest BCUT2D eigenvalue weighted by Gasteiger charge is -2.23. The zero-order chi connectivity index (χ0) is 26.2. The molecule has 3 aromatic rings. The molecule has 2 aliphatic heterocycles. The van der Waals surface area contributed by atoms with Gasteiger partial charge in [0, 0.05) is 36.5 Å². The van der Waals surface area contributed by atoms with Gasteiger partial charge in [-0.05, 0) is 13.0 Å². The van der Waals surface area contributed by atoms with Crippen molar-refractivity contribution in [1.29, 1.82) is 0 Å². The van der Waals surface area contributed by atoms with Crippen LogP contribution in [0.15, 0.2) is 22.7 Å². The lowest BCUT2D eigenvalue weighted by Crippen LogP contribution is -2.50. The van der Waals surface area contributed by atoms with E-state index in [4.69, 9.17) is 4.52 Å². The summed E-state index contributed by atoms with van der Waals surface area (Å²) in [5.74, 6) is -7.04. The van der Waals surface area contributed by atoms with E-state index in [1.54, 1.807) is 0 Å². The highest BCUT2D eigenvalue weighted by atomic mass is 32.2. The van der Waals surface area contributed by atoms with Gasteiger partial charge in [0.25, 0.3) is 11.6 Å². The Labute approximate surface area is 200 Å². The van der Waals surface area contributed by atoms with Gasteiger partial charge in [-0.25, -0.2) is 44.9 Å². The molecular weight excluding hydrogens is 513 g/mol. The molecule has 15 heteroatoms. The summed E-state index contributed by atoms with van der Waals surface area (Å²) in [6, 6.07) is -1.82. The first-order valence-electron chi connectivity index (χ1n) is 10.6. The van der Waals surface area contributed by atoms with Crippen LogP contribution in [0.2, 0.25) is 0 Å². The van der Waals surface area contributed by atoms with Crippen molar-refractivity contribution in [3.05, 3.63) is 47.0 Å². The fourth-order valence-electron chi connectivity index (χ4n) is 4.71. The van der Waals surface area contributed by atoms with E-state index in [1.165, 1.54) is 13.0 Å². The van der Waals surface area contributed by atoms with Crippen molar-refractivity contribution in [3.8, 4) is 11.1 Å². The Hall–Kier alpha value is -3.33. The second-order valence-electron chi connectivity index (χ2n) is 8.81. The standard InChI is InChI=1S/C21H18F5N5O4S/c1-9-3-11(17-12(23)4-10(22)5-13(17)24)18-14(28-35-19(18)27-9)6-30-8-16-21(25,26)15(29-36(2,33)34)7-31(16)20(30)32/h3-5,15-16,29H,6-8H2,1-2H3/t15-,16-/m1/s1. The number of alkyl halides is 2. The van der Waals surface area contributed by atoms with Gasteiger partial charge in [-0.3, -0.25) is 0 Å². The maximum Gasteiger partial charge on any atom is 0.321 e. The number of sulfonamides is 1. The average Bonchev–Trinajstić information content (AvgIpc) is 3.34. The molecule has 2 aromatic heterocycles. The maximum atomic E-state index is 14.9. The Balaban J connectivity index is 1.50. The highest BCUT2D eigenvalue weighted by Gasteiger charge is 2.62. The van der Waals surface area contributed by atoms with E-state index >= 15 is 0 Å². The van der Waals surface area contributed by atoms with Gasteiger partial charge >= 0.3 is 6.03 Å². The highest BCUT2D eigenvalue weighted by Crippen LogP contribution is 2.41. The molecule has 5 rings (SSSR count). The third-order valence-electron chi connectivity index (χ3n) is 6.19. The van der Waals surface area contributed by atoms with Gasteiger partial charge in [0.15, 0.2) is 0 Å². The number of carbonyl (C=O) groups is 1. The van der Waals surface area contributed by atoms with Crippen molar-refractivity contribution >= 4 is 27.2 Å². The Morgan fingerprint density at radius 1 is 1.17 bits per heavy atom. The van der Waals surface area contributed by atoms with Crippen molar-refractivity contribution < 1.29 is 39.7 Å². The number of nitrogens with zero attached hydrogens (tertiary/aromatic N) is 4. The van der Waals surface area contributed by atoms with Crippen molar-refractivity contribution in [2.24, 2.45) is 0 Å². The first-order chi connectivity index (χ1) is 16.8. The zero-order valence-electron chi connectivity index (χ0n) is 18.7. The third kappa shape index (κ3) is 3.95. The van der Waals surface area contributed by atoms with E-state index in [2.05, 4.69) is 10.1 Å². The van der Waals surface area contributed by atoms with Gasteiger partial charge in [-0.1, -0.05) is 5.16 Å².